The van der Waals surface area contributed by atoms with Crippen molar-refractivity contribution in [2.24, 2.45) is 0 Å². The number of amides is 2. The van der Waals surface area contributed by atoms with Crippen molar-refractivity contribution < 1.29 is 9.59 Å². The second-order valence-corrected chi connectivity index (χ2v) is 5.04. The molecule has 0 aliphatic carbocycles. The van der Waals surface area contributed by atoms with Gasteiger partial charge in [0.05, 0.1) is 11.9 Å². The molecule has 102 valence electrons. The van der Waals surface area contributed by atoms with E-state index in [0.717, 1.165) is 19.3 Å². The summed E-state index contributed by atoms with van der Waals surface area (Å²) in [4.78, 5) is 29.8. The molecule has 5 nitrogen and oxygen atoms in total. The van der Waals surface area contributed by atoms with Crippen molar-refractivity contribution in [1.82, 2.24) is 9.88 Å². The fourth-order valence-electron chi connectivity index (χ4n) is 2.56. The summed E-state index contributed by atoms with van der Waals surface area (Å²) in [7, 11) is 0. The Morgan fingerprint density at radius 3 is 2.58 bits per heavy atom. The minimum Gasteiger partial charge on any atom is -0.329 e. The zero-order valence-corrected chi connectivity index (χ0v) is 11.3. The van der Waals surface area contributed by atoms with Gasteiger partial charge in [-0.2, -0.15) is 0 Å². The molecule has 1 saturated heterocycles. The van der Waals surface area contributed by atoms with E-state index in [0.29, 0.717) is 5.69 Å². The summed E-state index contributed by atoms with van der Waals surface area (Å²) < 4.78 is 0. The molecule has 1 N–H and O–H groups in total. The minimum atomic E-state index is -0.589. The molecule has 2 rings (SSSR count). The number of nitrogens with one attached hydrogen (secondary N) is 1. The molecule has 19 heavy (non-hydrogen) atoms. The second kappa shape index (κ2) is 5.82. The Hall–Kier alpha value is -1.91. The summed E-state index contributed by atoms with van der Waals surface area (Å²) in [6.45, 7) is 3.98. The van der Waals surface area contributed by atoms with Crippen LogP contribution in [0.25, 0.3) is 0 Å². The van der Waals surface area contributed by atoms with Gasteiger partial charge in [0.2, 0.25) is 0 Å². The molecule has 2 amide bonds. The van der Waals surface area contributed by atoms with Crippen LogP contribution < -0.4 is 5.32 Å². The van der Waals surface area contributed by atoms with E-state index in [-0.39, 0.29) is 12.1 Å². The van der Waals surface area contributed by atoms with E-state index in [1.54, 1.807) is 23.2 Å². The van der Waals surface area contributed by atoms with Crippen LogP contribution in [0.5, 0.6) is 0 Å². The molecule has 2 heterocycles. The number of nitrogens with zero attached hydrogens (tertiary/aromatic N) is 2. The highest BCUT2D eigenvalue weighted by Gasteiger charge is 2.32. The van der Waals surface area contributed by atoms with Gasteiger partial charge in [-0.15, -0.1) is 0 Å². The number of likely N-dealkylation sites (tertiary alicyclic amines) is 1. The fourth-order valence-corrected chi connectivity index (χ4v) is 2.56. The Kier molecular flexibility index (Phi) is 4.14. The van der Waals surface area contributed by atoms with Crippen LogP contribution in [0, 0.1) is 0 Å². The van der Waals surface area contributed by atoms with Crippen LogP contribution in [0.15, 0.2) is 24.5 Å². The Morgan fingerprint density at radius 2 is 2.00 bits per heavy atom. The van der Waals surface area contributed by atoms with E-state index in [1.165, 1.54) is 6.20 Å². The standard InChI is InChI=1S/C14H19N3O2/c1-10-5-3-6-11(2)17(10)14(19)13(18)16-12-7-4-8-15-9-12/h4,7-11H,3,5-6H2,1-2H3,(H,16,18). The zero-order valence-electron chi connectivity index (χ0n) is 11.3. The largest absolute Gasteiger partial charge is 0.329 e. The number of hydrogen-bond acceptors (Lipinski definition) is 3. The molecule has 0 saturated carbocycles. The maximum absolute atomic E-state index is 12.2. The van der Waals surface area contributed by atoms with Gasteiger partial charge in [0, 0.05) is 18.3 Å². The first kappa shape index (κ1) is 13.5. The van der Waals surface area contributed by atoms with Gasteiger partial charge in [-0.25, -0.2) is 0 Å². The molecule has 0 spiro atoms. The molecular weight excluding hydrogens is 242 g/mol. The van der Waals surface area contributed by atoms with E-state index in [2.05, 4.69) is 10.3 Å². The maximum atomic E-state index is 12.2. The monoisotopic (exact) mass is 261 g/mol. The van der Waals surface area contributed by atoms with Crippen molar-refractivity contribution in [2.45, 2.75) is 45.2 Å². The molecule has 1 aliphatic rings. The molecule has 1 aromatic rings. The van der Waals surface area contributed by atoms with E-state index < -0.39 is 11.8 Å². The summed E-state index contributed by atoms with van der Waals surface area (Å²) in [5.41, 5.74) is 0.540. The second-order valence-electron chi connectivity index (χ2n) is 5.04. The molecule has 2 unspecified atom stereocenters. The summed E-state index contributed by atoms with van der Waals surface area (Å²) in [6.07, 6.45) is 6.16. The lowest BCUT2D eigenvalue weighted by molar-refractivity contribution is -0.147. The fraction of sp³-hybridized carbons (Fsp3) is 0.500. The van der Waals surface area contributed by atoms with Gasteiger partial charge in [-0.05, 0) is 45.2 Å². The Morgan fingerprint density at radius 1 is 1.32 bits per heavy atom. The minimum absolute atomic E-state index is 0.121. The Balaban J connectivity index is 2.04. The molecule has 5 heteroatoms. The molecule has 0 bridgehead atoms. The maximum Gasteiger partial charge on any atom is 0.313 e. The molecule has 1 aliphatic heterocycles. The van der Waals surface area contributed by atoms with Crippen LogP contribution in [0.4, 0.5) is 5.69 Å². The summed E-state index contributed by atoms with van der Waals surface area (Å²) in [6, 6.07) is 3.67. The molecule has 0 aromatic carbocycles. The quantitative estimate of drug-likeness (QED) is 0.784. The topological polar surface area (TPSA) is 62.3 Å². The van der Waals surface area contributed by atoms with Crippen LogP contribution in [-0.2, 0) is 9.59 Å². The van der Waals surface area contributed by atoms with Crippen molar-refractivity contribution in [3.05, 3.63) is 24.5 Å². The zero-order chi connectivity index (χ0) is 13.8. The first-order valence-corrected chi connectivity index (χ1v) is 6.63. The van der Waals surface area contributed by atoms with Crippen LogP contribution in [0.1, 0.15) is 33.1 Å². The molecular formula is C14H19N3O2. The number of anilines is 1. The van der Waals surface area contributed by atoms with Gasteiger partial charge in [-0.1, -0.05) is 0 Å². The lowest BCUT2D eigenvalue weighted by Crippen LogP contribution is -2.51. The van der Waals surface area contributed by atoms with Crippen molar-refractivity contribution in [3.8, 4) is 0 Å². The van der Waals surface area contributed by atoms with Crippen LogP contribution >= 0.6 is 0 Å². The molecule has 0 radical (unpaired) electrons. The summed E-state index contributed by atoms with van der Waals surface area (Å²) in [5.74, 6) is -1.04. The predicted molar refractivity (Wildman–Crippen MR) is 72.5 cm³/mol. The van der Waals surface area contributed by atoms with E-state index >= 15 is 0 Å². The lowest BCUT2D eigenvalue weighted by atomic mass is 9.97. The SMILES string of the molecule is CC1CCCC(C)N1C(=O)C(=O)Nc1cccnc1. The summed E-state index contributed by atoms with van der Waals surface area (Å²) >= 11 is 0. The average Bonchev–Trinajstić information content (AvgIpc) is 2.39. The van der Waals surface area contributed by atoms with Gasteiger partial charge in [-0.3, -0.25) is 14.6 Å². The molecule has 1 aromatic heterocycles. The van der Waals surface area contributed by atoms with Crippen molar-refractivity contribution in [2.75, 3.05) is 5.32 Å². The molecule has 1 fully saturated rings. The third-order valence-electron chi connectivity index (χ3n) is 3.54. The van der Waals surface area contributed by atoms with Crippen LogP contribution in [-0.4, -0.2) is 33.8 Å². The third kappa shape index (κ3) is 3.10. The normalized spacial score (nSPS) is 22.9. The highest BCUT2D eigenvalue weighted by Crippen LogP contribution is 2.22. The smallest absolute Gasteiger partial charge is 0.313 e. The van der Waals surface area contributed by atoms with E-state index in [1.807, 2.05) is 13.8 Å². The number of carbonyl (C=O) groups excluding carboxylic acids is 2. The number of hydrogen-bond donors (Lipinski definition) is 1. The number of carbonyl (C=O) groups is 2. The number of aromatic nitrogens is 1. The van der Waals surface area contributed by atoms with Crippen molar-refractivity contribution >= 4 is 17.5 Å². The van der Waals surface area contributed by atoms with Gasteiger partial charge >= 0.3 is 11.8 Å². The van der Waals surface area contributed by atoms with Crippen molar-refractivity contribution in [3.63, 3.8) is 0 Å². The van der Waals surface area contributed by atoms with Crippen LogP contribution in [0.2, 0.25) is 0 Å². The predicted octanol–water partition coefficient (Wildman–Crippen LogP) is 1.81. The van der Waals surface area contributed by atoms with Gasteiger partial charge in [0.1, 0.15) is 0 Å². The number of piperidine rings is 1. The first-order chi connectivity index (χ1) is 9.09. The van der Waals surface area contributed by atoms with E-state index in [4.69, 9.17) is 0 Å². The van der Waals surface area contributed by atoms with Gasteiger partial charge in [0.25, 0.3) is 0 Å². The average molecular weight is 261 g/mol. The first-order valence-electron chi connectivity index (χ1n) is 6.63. The van der Waals surface area contributed by atoms with E-state index in [9.17, 15) is 9.59 Å². The van der Waals surface area contributed by atoms with Crippen molar-refractivity contribution in [1.29, 1.82) is 0 Å². The van der Waals surface area contributed by atoms with Gasteiger partial charge < -0.3 is 10.2 Å². The number of pyridine rings is 1. The Bertz CT molecular complexity index is 451. The number of rotatable bonds is 1. The Labute approximate surface area is 113 Å². The summed E-state index contributed by atoms with van der Waals surface area (Å²) in [5, 5.41) is 2.59. The highest BCUT2D eigenvalue weighted by atomic mass is 16.2. The highest BCUT2D eigenvalue weighted by molar-refractivity contribution is 6.39. The lowest BCUT2D eigenvalue weighted by Gasteiger charge is -2.38. The third-order valence-corrected chi connectivity index (χ3v) is 3.54. The van der Waals surface area contributed by atoms with Gasteiger partial charge in [0.15, 0.2) is 0 Å². The van der Waals surface area contributed by atoms with Crippen LogP contribution in [0.3, 0.4) is 0 Å². The molecule has 2 atom stereocenters.